The van der Waals surface area contributed by atoms with Gasteiger partial charge in [-0.2, -0.15) is 15.0 Å². The van der Waals surface area contributed by atoms with Crippen LogP contribution >= 0.6 is 0 Å². The van der Waals surface area contributed by atoms with Crippen LogP contribution in [-0.4, -0.2) is 56.6 Å². The van der Waals surface area contributed by atoms with Crippen LogP contribution in [0, 0.1) is 0 Å². The molecule has 3 heterocycles. The maximum absolute atomic E-state index is 13.5. The van der Waals surface area contributed by atoms with Gasteiger partial charge in [0.15, 0.2) is 0 Å². The Morgan fingerprint density at radius 3 is 2.77 bits per heavy atom. The van der Waals surface area contributed by atoms with E-state index in [0.717, 1.165) is 11.1 Å². The third-order valence-corrected chi connectivity index (χ3v) is 5.33. The number of para-hydroxylation sites is 1. The van der Waals surface area contributed by atoms with Gasteiger partial charge in [0.25, 0.3) is 5.91 Å². The van der Waals surface area contributed by atoms with Gasteiger partial charge in [-0.25, -0.2) is 4.98 Å². The molecule has 0 spiro atoms. The zero-order chi connectivity index (χ0) is 21.0. The normalized spacial score (nSPS) is 16.4. The van der Waals surface area contributed by atoms with E-state index in [0.29, 0.717) is 43.3 Å². The van der Waals surface area contributed by atoms with Gasteiger partial charge in [0, 0.05) is 12.1 Å². The fourth-order valence-electron chi connectivity index (χ4n) is 3.88. The van der Waals surface area contributed by atoms with E-state index in [-0.39, 0.29) is 11.9 Å². The zero-order valence-electron chi connectivity index (χ0n) is 16.8. The molecule has 31 heavy (non-hydrogen) atoms. The Labute approximate surface area is 179 Å². The number of oxazole rings is 1. The molecule has 8 nitrogen and oxygen atoms in total. The summed E-state index contributed by atoms with van der Waals surface area (Å²) in [6.45, 7) is 1.53. The molecule has 4 aromatic rings. The van der Waals surface area contributed by atoms with E-state index in [1.165, 1.54) is 4.80 Å². The molecule has 1 unspecified atom stereocenters. The second-order valence-corrected chi connectivity index (χ2v) is 7.30. The number of nitrogens with zero attached hydrogens (tertiary/aromatic N) is 5. The van der Waals surface area contributed by atoms with Crippen LogP contribution in [0.1, 0.15) is 15.9 Å². The number of carbonyl (C=O) groups is 1. The number of carbonyl (C=O) groups excluding carboxylic acids is 1. The Bertz CT molecular complexity index is 1160. The second kappa shape index (κ2) is 8.53. The minimum absolute atomic E-state index is 0.0509. The molecule has 156 valence electrons. The van der Waals surface area contributed by atoms with E-state index in [1.807, 2.05) is 53.4 Å². The first-order valence-corrected chi connectivity index (χ1v) is 10.1. The molecule has 0 N–H and O–H groups in total. The number of rotatable bonds is 5. The SMILES string of the molecule is O=C(c1ccccc1-n1nccn1)N1CCOCC1Cc1cccc(-c2ncco2)c1. The van der Waals surface area contributed by atoms with Gasteiger partial charge < -0.3 is 14.1 Å². The minimum Gasteiger partial charge on any atom is -0.445 e. The monoisotopic (exact) mass is 415 g/mol. The molecule has 0 saturated carbocycles. The Morgan fingerprint density at radius 2 is 1.94 bits per heavy atom. The first kappa shape index (κ1) is 19.2. The first-order valence-electron chi connectivity index (χ1n) is 10.1. The van der Waals surface area contributed by atoms with Gasteiger partial charge in [-0.15, -0.1) is 0 Å². The van der Waals surface area contributed by atoms with E-state index < -0.39 is 0 Å². The van der Waals surface area contributed by atoms with Gasteiger partial charge in [-0.05, 0) is 36.2 Å². The molecule has 0 aliphatic carbocycles. The highest BCUT2D eigenvalue weighted by Gasteiger charge is 2.30. The highest BCUT2D eigenvalue weighted by molar-refractivity contribution is 5.98. The topological polar surface area (TPSA) is 86.3 Å². The molecule has 1 aliphatic rings. The number of benzene rings is 2. The molecule has 1 atom stereocenters. The van der Waals surface area contributed by atoms with Crippen LogP contribution in [-0.2, 0) is 11.2 Å². The van der Waals surface area contributed by atoms with E-state index in [9.17, 15) is 4.79 Å². The van der Waals surface area contributed by atoms with Gasteiger partial charge in [-0.3, -0.25) is 4.79 Å². The predicted octanol–water partition coefficient (Wildman–Crippen LogP) is 3.01. The fourth-order valence-corrected chi connectivity index (χ4v) is 3.88. The molecule has 1 amide bonds. The number of amides is 1. The smallest absolute Gasteiger partial charge is 0.256 e. The maximum atomic E-state index is 13.5. The molecule has 2 aromatic carbocycles. The fraction of sp³-hybridized carbons (Fsp3) is 0.217. The zero-order valence-corrected chi connectivity index (χ0v) is 16.8. The van der Waals surface area contributed by atoms with E-state index >= 15 is 0 Å². The third kappa shape index (κ3) is 3.97. The van der Waals surface area contributed by atoms with Crippen molar-refractivity contribution in [2.45, 2.75) is 12.5 Å². The van der Waals surface area contributed by atoms with Crippen LogP contribution in [0.4, 0.5) is 0 Å². The Hall–Kier alpha value is -3.78. The molecule has 0 bridgehead atoms. The lowest BCUT2D eigenvalue weighted by atomic mass is 10.0. The number of morpholine rings is 1. The van der Waals surface area contributed by atoms with Crippen molar-refractivity contribution in [1.29, 1.82) is 0 Å². The van der Waals surface area contributed by atoms with Crippen molar-refractivity contribution in [3.63, 3.8) is 0 Å². The quantitative estimate of drug-likeness (QED) is 0.498. The summed E-state index contributed by atoms with van der Waals surface area (Å²) in [5.41, 5.74) is 3.23. The van der Waals surface area contributed by atoms with E-state index in [1.54, 1.807) is 24.9 Å². The second-order valence-electron chi connectivity index (χ2n) is 7.30. The largest absolute Gasteiger partial charge is 0.445 e. The molecule has 1 saturated heterocycles. The van der Waals surface area contributed by atoms with Crippen LogP contribution < -0.4 is 0 Å². The summed E-state index contributed by atoms with van der Waals surface area (Å²) >= 11 is 0. The standard InChI is InChI=1S/C23H21N5O3/c29-23(20-6-1-2-7-21(20)28-25-8-9-26-28)27-11-13-30-16-19(27)15-17-4-3-5-18(14-17)22-24-10-12-31-22/h1-10,12,14,19H,11,13,15-16H2. The maximum Gasteiger partial charge on any atom is 0.256 e. The molecule has 1 fully saturated rings. The van der Waals surface area contributed by atoms with Crippen LogP contribution in [0.2, 0.25) is 0 Å². The van der Waals surface area contributed by atoms with Gasteiger partial charge in [0.1, 0.15) is 6.26 Å². The predicted molar refractivity (Wildman–Crippen MR) is 113 cm³/mol. The molecule has 1 aliphatic heterocycles. The summed E-state index contributed by atoms with van der Waals surface area (Å²) in [5.74, 6) is 0.528. The van der Waals surface area contributed by atoms with Crippen molar-refractivity contribution in [3.05, 3.63) is 84.5 Å². The Balaban J connectivity index is 1.41. The highest BCUT2D eigenvalue weighted by atomic mass is 16.5. The number of aromatic nitrogens is 4. The number of hydrogen-bond donors (Lipinski definition) is 0. The Morgan fingerprint density at radius 1 is 1.06 bits per heavy atom. The molecular formula is C23H21N5O3. The summed E-state index contributed by atoms with van der Waals surface area (Å²) in [6.07, 6.45) is 7.05. The number of hydrogen-bond acceptors (Lipinski definition) is 6. The minimum atomic E-state index is -0.0836. The average Bonchev–Trinajstić information content (AvgIpc) is 3.54. The first-order chi connectivity index (χ1) is 15.3. The van der Waals surface area contributed by atoms with Gasteiger partial charge in [0.05, 0.1) is 49.1 Å². The van der Waals surface area contributed by atoms with Crippen molar-refractivity contribution in [2.24, 2.45) is 0 Å². The van der Waals surface area contributed by atoms with Crippen molar-refractivity contribution >= 4 is 5.91 Å². The van der Waals surface area contributed by atoms with E-state index in [2.05, 4.69) is 15.2 Å². The van der Waals surface area contributed by atoms with Crippen molar-refractivity contribution in [1.82, 2.24) is 24.9 Å². The van der Waals surface area contributed by atoms with Crippen molar-refractivity contribution in [3.8, 4) is 17.1 Å². The summed E-state index contributed by atoms with van der Waals surface area (Å²) in [6, 6.07) is 15.3. The number of ether oxygens (including phenoxy) is 1. The lowest BCUT2D eigenvalue weighted by Gasteiger charge is -2.36. The van der Waals surface area contributed by atoms with Crippen molar-refractivity contribution < 1.29 is 13.9 Å². The van der Waals surface area contributed by atoms with Gasteiger partial charge in [-0.1, -0.05) is 24.3 Å². The molecule has 0 radical (unpaired) electrons. The molecule has 8 heteroatoms. The van der Waals surface area contributed by atoms with Crippen LogP contribution in [0.5, 0.6) is 0 Å². The highest BCUT2D eigenvalue weighted by Crippen LogP contribution is 2.23. The third-order valence-electron chi connectivity index (χ3n) is 5.33. The Kier molecular flexibility index (Phi) is 5.28. The lowest BCUT2D eigenvalue weighted by molar-refractivity contribution is -0.00164. The summed E-state index contributed by atoms with van der Waals surface area (Å²) < 4.78 is 11.1. The van der Waals surface area contributed by atoms with E-state index in [4.69, 9.17) is 9.15 Å². The lowest BCUT2D eigenvalue weighted by Crippen LogP contribution is -2.50. The van der Waals surface area contributed by atoms with Gasteiger partial charge in [0.2, 0.25) is 5.89 Å². The molecule has 2 aromatic heterocycles. The average molecular weight is 415 g/mol. The molecule has 5 rings (SSSR count). The summed E-state index contributed by atoms with van der Waals surface area (Å²) in [7, 11) is 0. The van der Waals surface area contributed by atoms with Crippen molar-refractivity contribution in [2.75, 3.05) is 19.8 Å². The van der Waals surface area contributed by atoms with Crippen LogP contribution in [0.3, 0.4) is 0 Å². The van der Waals surface area contributed by atoms with Gasteiger partial charge >= 0.3 is 0 Å². The van der Waals surface area contributed by atoms with Crippen LogP contribution in [0.25, 0.3) is 17.1 Å². The summed E-state index contributed by atoms with van der Waals surface area (Å²) in [5, 5.41) is 8.38. The summed E-state index contributed by atoms with van der Waals surface area (Å²) in [4.78, 5) is 21.1. The van der Waals surface area contributed by atoms with Crippen LogP contribution in [0.15, 0.2) is 77.8 Å². The molecular weight excluding hydrogens is 394 g/mol.